The lowest BCUT2D eigenvalue weighted by molar-refractivity contribution is 0.871. The van der Waals surface area contributed by atoms with Gasteiger partial charge in [0.05, 0.1) is 16.7 Å². The SMILES string of the molecule is C/C=C\c1c(C)n(C)c2nc3ccccc3n12.C=CC.C=Cc1cc(C)n(C)c1C=C. The second kappa shape index (κ2) is 10.5. The predicted octanol–water partition coefficient (Wildman–Crippen LogP) is 6.98. The first-order valence-electron chi connectivity index (χ1n) is 10.4. The molecule has 1 aromatic carbocycles. The zero-order chi connectivity index (χ0) is 23.1. The largest absolute Gasteiger partial charge is 0.348 e. The Hall–Kier alpha value is -3.53. The molecule has 4 nitrogen and oxygen atoms in total. The first kappa shape index (κ1) is 23.7. The maximum Gasteiger partial charge on any atom is 0.215 e. The molecule has 0 saturated carbocycles. The molecule has 0 radical (unpaired) electrons. The van der Waals surface area contributed by atoms with Crippen LogP contribution in [-0.4, -0.2) is 18.5 Å². The zero-order valence-corrected chi connectivity index (χ0v) is 19.7. The van der Waals surface area contributed by atoms with Crippen LogP contribution in [0.5, 0.6) is 0 Å². The van der Waals surface area contributed by atoms with E-state index in [0.717, 1.165) is 22.6 Å². The summed E-state index contributed by atoms with van der Waals surface area (Å²) >= 11 is 0. The molecule has 0 aliphatic carbocycles. The number of hydrogen-bond donors (Lipinski definition) is 0. The molecule has 0 spiro atoms. The van der Waals surface area contributed by atoms with Crippen molar-refractivity contribution in [3.8, 4) is 0 Å². The van der Waals surface area contributed by atoms with E-state index in [1.165, 1.54) is 22.6 Å². The van der Waals surface area contributed by atoms with Crippen LogP contribution in [-0.2, 0) is 14.1 Å². The van der Waals surface area contributed by atoms with Gasteiger partial charge in [-0.1, -0.05) is 43.5 Å². The summed E-state index contributed by atoms with van der Waals surface area (Å²) in [6.45, 7) is 19.0. The summed E-state index contributed by atoms with van der Waals surface area (Å²) in [6, 6.07) is 10.3. The normalized spacial score (nSPS) is 10.5. The highest BCUT2D eigenvalue weighted by Gasteiger charge is 2.14. The van der Waals surface area contributed by atoms with Crippen molar-refractivity contribution < 1.29 is 0 Å². The van der Waals surface area contributed by atoms with Gasteiger partial charge in [-0.15, -0.1) is 6.58 Å². The van der Waals surface area contributed by atoms with Gasteiger partial charge in [-0.05, 0) is 63.6 Å². The molecule has 0 atom stereocenters. The van der Waals surface area contributed by atoms with Gasteiger partial charge in [0.1, 0.15) is 0 Å². The lowest BCUT2D eigenvalue weighted by atomic mass is 10.2. The summed E-state index contributed by atoms with van der Waals surface area (Å²) in [5.74, 6) is 0.997. The van der Waals surface area contributed by atoms with Crippen molar-refractivity contribution in [1.29, 1.82) is 0 Å². The summed E-state index contributed by atoms with van der Waals surface area (Å²) in [6.07, 6.45) is 9.65. The summed E-state index contributed by atoms with van der Waals surface area (Å²) in [4.78, 5) is 4.67. The molecule has 0 amide bonds. The van der Waals surface area contributed by atoms with E-state index in [4.69, 9.17) is 0 Å². The van der Waals surface area contributed by atoms with Crippen LogP contribution in [0.2, 0.25) is 0 Å². The van der Waals surface area contributed by atoms with Crippen molar-refractivity contribution in [2.24, 2.45) is 14.1 Å². The molecule has 31 heavy (non-hydrogen) atoms. The van der Waals surface area contributed by atoms with Gasteiger partial charge in [0.2, 0.25) is 5.78 Å². The smallest absolute Gasteiger partial charge is 0.215 e. The molecule has 0 N–H and O–H groups in total. The van der Waals surface area contributed by atoms with Crippen molar-refractivity contribution in [3.05, 3.63) is 90.6 Å². The number of hydrogen-bond acceptors (Lipinski definition) is 1. The Balaban J connectivity index is 0.000000211. The van der Waals surface area contributed by atoms with E-state index in [0.29, 0.717) is 0 Å². The van der Waals surface area contributed by atoms with Gasteiger partial charge in [-0.3, -0.25) is 4.40 Å². The quantitative estimate of drug-likeness (QED) is 0.332. The molecule has 0 aliphatic heterocycles. The highest BCUT2D eigenvalue weighted by atomic mass is 15.2. The van der Waals surface area contributed by atoms with Crippen LogP contribution in [0.3, 0.4) is 0 Å². The number of fused-ring (bicyclic) bond motifs is 3. The number of imidazole rings is 2. The molecule has 162 valence electrons. The third-order valence-corrected chi connectivity index (χ3v) is 5.25. The number of aryl methyl sites for hydroxylation is 2. The van der Waals surface area contributed by atoms with Crippen molar-refractivity contribution in [2.45, 2.75) is 27.7 Å². The second-order valence-corrected chi connectivity index (χ2v) is 7.27. The maximum atomic E-state index is 4.67. The standard InChI is InChI=1S/C14H15N3.C10H13N.C3H6/c1-4-7-12-10(2)16(3)14-15-11-8-5-6-9-13(11)17(12)14;1-5-9-7-8(3)11(4)10(9)6-2;1-3-2/h4-9H,1-3H3;5-7H,1-2H2,3-4H3;3H,1H2,2H3/b7-4-;;. The average molecular weight is 415 g/mol. The molecule has 0 saturated heterocycles. The van der Waals surface area contributed by atoms with E-state index < -0.39 is 0 Å². The Morgan fingerprint density at radius 1 is 0.903 bits per heavy atom. The fourth-order valence-electron chi connectivity index (χ4n) is 3.51. The van der Waals surface area contributed by atoms with E-state index in [9.17, 15) is 0 Å². The molecule has 3 heterocycles. The van der Waals surface area contributed by atoms with Gasteiger partial charge < -0.3 is 9.13 Å². The molecule has 4 aromatic rings. The van der Waals surface area contributed by atoms with Gasteiger partial charge in [0, 0.05) is 31.2 Å². The molecule has 0 unspecified atom stereocenters. The minimum atomic E-state index is 0.997. The molecular weight excluding hydrogens is 380 g/mol. The number of benzene rings is 1. The van der Waals surface area contributed by atoms with E-state index >= 15 is 0 Å². The van der Waals surface area contributed by atoms with Crippen molar-refractivity contribution in [3.63, 3.8) is 0 Å². The Bertz CT molecular complexity index is 1240. The molecule has 4 rings (SSSR count). The van der Waals surface area contributed by atoms with Crippen molar-refractivity contribution in [2.75, 3.05) is 0 Å². The Labute approximate surface area is 186 Å². The van der Waals surface area contributed by atoms with Crippen LogP contribution >= 0.6 is 0 Å². The van der Waals surface area contributed by atoms with E-state index in [1.54, 1.807) is 6.08 Å². The maximum absolute atomic E-state index is 4.67. The first-order valence-corrected chi connectivity index (χ1v) is 10.4. The van der Waals surface area contributed by atoms with Crippen molar-refractivity contribution >= 4 is 35.0 Å². The highest BCUT2D eigenvalue weighted by Crippen LogP contribution is 2.23. The van der Waals surface area contributed by atoms with Crippen LogP contribution in [0.4, 0.5) is 0 Å². The number of allylic oxidation sites excluding steroid dienone is 2. The fourth-order valence-corrected chi connectivity index (χ4v) is 3.51. The van der Waals surface area contributed by atoms with Crippen LogP contribution < -0.4 is 0 Å². The minimum Gasteiger partial charge on any atom is -0.348 e. The second-order valence-electron chi connectivity index (χ2n) is 7.27. The number of nitrogens with zero attached hydrogens (tertiary/aromatic N) is 4. The molecular formula is C27H34N4. The molecule has 4 heteroatoms. The lowest BCUT2D eigenvalue weighted by Crippen LogP contribution is -1.92. The third-order valence-electron chi connectivity index (χ3n) is 5.25. The van der Waals surface area contributed by atoms with Crippen LogP contribution in [0.15, 0.2) is 62.2 Å². The predicted molar refractivity (Wildman–Crippen MR) is 137 cm³/mol. The summed E-state index contributed by atoms with van der Waals surface area (Å²) in [5.41, 5.74) is 8.17. The number of aromatic nitrogens is 4. The monoisotopic (exact) mass is 414 g/mol. The van der Waals surface area contributed by atoms with Crippen LogP contribution in [0.25, 0.3) is 35.0 Å². The number of rotatable bonds is 3. The third kappa shape index (κ3) is 4.64. The first-order chi connectivity index (χ1) is 14.9. The Morgan fingerprint density at radius 3 is 2.10 bits per heavy atom. The molecule has 0 fully saturated rings. The lowest BCUT2D eigenvalue weighted by Gasteiger charge is -1.99. The fraction of sp³-hybridized carbons (Fsp3) is 0.222. The summed E-state index contributed by atoms with van der Waals surface area (Å²) in [7, 11) is 4.09. The summed E-state index contributed by atoms with van der Waals surface area (Å²) < 4.78 is 6.45. The van der Waals surface area contributed by atoms with Crippen LogP contribution in [0, 0.1) is 13.8 Å². The van der Waals surface area contributed by atoms with Gasteiger partial charge in [0.15, 0.2) is 0 Å². The highest BCUT2D eigenvalue weighted by molar-refractivity contribution is 5.81. The van der Waals surface area contributed by atoms with Crippen LogP contribution in [0.1, 0.15) is 42.2 Å². The minimum absolute atomic E-state index is 0.997. The van der Waals surface area contributed by atoms with Gasteiger partial charge >= 0.3 is 0 Å². The van der Waals surface area contributed by atoms with Gasteiger partial charge in [-0.2, -0.15) is 0 Å². The Morgan fingerprint density at radius 2 is 1.55 bits per heavy atom. The van der Waals surface area contributed by atoms with Gasteiger partial charge in [-0.25, -0.2) is 4.98 Å². The Kier molecular flexibility index (Phi) is 8.03. The molecule has 3 aromatic heterocycles. The van der Waals surface area contributed by atoms with E-state index in [2.05, 4.69) is 95.6 Å². The summed E-state index contributed by atoms with van der Waals surface area (Å²) in [5, 5.41) is 0. The number of para-hydroxylation sites is 2. The molecule has 0 aliphatic rings. The van der Waals surface area contributed by atoms with E-state index in [1.807, 2.05) is 39.1 Å². The van der Waals surface area contributed by atoms with Crippen molar-refractivity contribution in [1.82, 2.24) is 18.5 Å². The zero-order valence-electron chi connectivity index (χ0n) is 19.7. The average Bonchev–Trinajstić information content (AvgIpc) is 3.36. The molecule has 0 bridgehead atoms. The van der Waals surface area contributed by atoms with E-state index in [-0.39, 0.29) is 0 Å². The topological polar surface area (TPSA) is 27.2 Å². The van der Waals surface area contributed by atoms with Gasteiger partial charge in [0.25, 0.3) is 0 Å².